The van der Waals surface area contributed by atoms with Gasteiger partial charge in [0.1, 0.15) is 5.69 Å². The summed E-state index contributed by atoms with van der Waals surface area (Å²) in [7, 11) is 1.54. The lowest BCUT2D eigenvalue weighted by molar-refractivity contribution is 0.0773. The Morgan fingerprint density at radius 1 is 1.22 bits per heavy atom. The Hall–Kier alpha value is -2.06. The summed E-state index contributed by atoms with van der Waals surface area (Å²) < 4.78 is 5.01. The van der Waals surface area contributed by atoms with Gasteiger partial charge in [-0.15, -0.1) is 11.3 Å². The molecule has 7 nitrogen and oxygen atoms in total. The normalized spacial score (nSPS) is 23.1. The highest BCUT2D eigenvalue weighted by atomic mass is 32.1. The third-order valence-corrected chi connectivity index (χ3v) is 6.43. The van der Waals surface area contributed by atoms with Gasteiger partial charge in [0.15, 0.2) is 0 Å². The standard InChI is InChI=1S/C19H25N5O2S/c1-13-22-16(12-27-13)11-23-5-3-14-9-24(10-15(14)4-6-23)19(25)17-7-21-18(26-2)8-20-17/h7-8,12,14-15H,3-6,9-11H2,1-2H3/t14-,15+. The van der Waals surface area contributed by atoms with E-state index in [1.165, 1.54) is 18.1 Å². The predicted molar refractivity (Wildman–Crippen MR) is 103 cm³/mol. The number of aryl methyl sites for hydroxylation is 1. The summed E-state index contributed by atoms with van der Waals surface area (Å²) in [6.45, 7) is 6.78. The number of amides is 1. The van der Waals surface area contributed by atoms with Crippen molar-refractivity contribution in [2.45, 2.75) is 26.3 Å². The van der Waals surface area contributed by atoms with Crippen LogP contribution in [0.2, 0.25) is 0 Å². The molecule has 0 aromatic carbocycles. The lowest BCUT2D eigenvalue weighted by Crippen LogP contribution is -2.31. The van der Waals surface area contributed by atoms with E-state index < -0.39 is 0 Å². The van der Waals surface area contributed by atoms with Crippen LogP contribution in [-0.4, -0.2) is 63.9 Å². The quantitative estimate of drug-likeness (QED) is 0.801. The molecule has 2 aromatic rings. The van der Waals surface area contributed by atoms with Gasteiger partial charge >= 0.3 is 0 Å². The summed E-state index contributed by atoms with van der Waals surface area (Å²) in [6, 6.07) is 0. The first-order valence-electron chi connectivity index (χ1n) is 9.41. The highest BCUT2D eigenvalue weighted by molar-refractivity contribution is 7.09. The summed E-state index contributed by atoms with van der Waals surface area (Å²) in [6.07, 6.45) is 5.27. The van der Waals surface area contributed by atoms with Crippen molar-refractivity contribution in [2.24, 2.45) is 11.8 Å². The molecule has 1 amide bonds. The number of nitrogens with zero attached hydrogens (tertiary/aromatic N) is 5. The largest absolute Gasteiger partial charge is 0.480 e. The minimum absolute atomic E-state index is 0.0203. The van der Waals surface area contributed by atoms with E-state index in [-0.39, 0.29) is 5.91 Å². The molecular weight excluding hydrogens is 362 g/mol. The van der Waals surface area contributed by atoms with Crippen molar-refractivity contribution < 1.29 is 9.53 Å². The van der Waals surface area contributed by atoms with Crippen LogP contribution in [0.1, 0.15) is 34.0 Å². The molecule has 0 spiro atoms. The summed E-state index contributed by atoms with van der Waals surface area (Å²) in [5, 5.41) is 3.30. The number of aromatic nitrogens is 3. The Bertz CT molecular complexity index is 778. The number of carbonyl (C=O) groups excluding carboxylic acids is 1. The molecule has 2 aromatic heterocycles. The lowest BCUT2D eigenvalue weighted by atomic mass is 9.92. The van der Waals surface area contributed by atoms with E-state index in [4.69, 9.17) is 4.74 Å². The smallest absolute Gasteiger partial charge is 0.274 e. The molecule has 0 unspecified atom stereocenters. The van der Waals surface area contributed by atoms with Gasteiger partial charge in [0, 0.05) is 25.0 Å². The van der Waals surface area contributed by atoms with Crippen molar-refractivity contribution in [3.05, 3.63) is 34.2 Å². The van der Waals surface area contributed by atoms with Gasteiger partial charge in [-0.3, -0.25) is 9.69 Å². The van der Waals surface area contributed by atoms with Gasteiger partial charge in [0.2, 0.25) is 5.88 Å². The lowest BCUT2D eigenvalue weighted by Gasteiger charge is -2.21. The number of methoxy groups -OCH3 is 1. The van der Waals surface area contributed by atoms with Crippen molar-refractivity contribution in [3.8, 4) is 5.88 Å². The summed E-state index contributed by atoms with van der Waals surface area (Å²) in [4.78, 5) is 30.1. The van der Waals surface area contributed by atoms with Crippen molar-refractivity contribution in [2.75, 3.05) is 33.3 Å². The minimum Gasteiger partial charge on any atom is -0.480 e. The summed E-state index contributed by atoms with van der Waals surface area (Å²) >= 11 is 1.72. The Labute approximate surface area is 163 Å². The number of ether oxygens (including phenoxy) is 1. The van der Waals surface area contributed by atoms with Crippen LogP contribution in [0.4, 0.5) is 0 Å². The van der Waals surface area contributed by atoms with Gasteiger partial charge in [0.05, 0.1) is 30.2 Å². The molecule has 0 radical (unpaired) electrons. The highest BCUT2D eigenvalue weighted by Crippen LogP contribution is 2.32. The van der Waals surface area contributed by atoms with E-state index in [1.807, 2.05) is 4.90 Å². The van der Waals surface area contributed by atoms with Crippen LogP contribution in [-0.2, 0) is 6.54 Å². The molecule has 2 atom stereocenters. The molecule has 4 rings (SSSR count). The summed E-state index contributed by atoms with van der Waals surface area (Å²) in [5.74, 6) is 1.55. The van der Waals surface area contributed by atoms with Gasteiger partial charge in [-0.05, 0) is 44.7 Å². The Kier molecular flexibility index (Phi) is 5.36. The summed E-state index contributed by atoms with van der Waals surface area (Å²) in [5.41, 5.74) is 1.58. The van der Waals surface area contributed by atoms with Crippen molar-refractivity contribution in [1.29, 1.82) is 0 Å². The molecule has 2 aliphatic heterocycles. The van der Waals surface area contributed by atoms with Crippen molar-refractivity contribution in [3.63, 3.8) is 0 Å². The minimum atomic E-state index is -0.0203. The first-order valence-corrected chi connectivity index (χ1v) is 10.3. The van der Waals surface area contributed by atoms with Gasteiger partial charge in [-0.2, -0.15) is 0 Å². The zero-order chi connectivity index (χ0) is 18.8. The van der Waals surface area contributed by atoms with Crippen LogP contribution in [0.25, 0.3) is 0 Å². The fraction of sp³-hybridized carbons (Fsp3) is 0.579. The average molecular weight is 388 g/mol. The van der Waals surface area contributed by atoms with E-state index in [9.17, 15) is 4.79 Å². The van der Waals surface area contributed by atoms with Gasteiger partial charge in [0.25, 0.3) is 5.91 Å². The SMILES string of the molecule is COc1cnc(C(=O)N2C[C@H]3CCN(Cc4csc(C)n4)CC[C@H]3C2)cn1. The van der Waals surface area contributed by atoms with E-state index in [0.717, 1.165) is 50.6 Å². The molecule has 0 bridgehead atoms. The van der Waals surface area contributed by atoms with Crippen molar-refractivity contribution in [1.82, 2.24) is 24.8 Å². The molecule has 2 fully saturated rings. The van der Waals surface area contributed by atoms with Crippen LogP contribution >= 0.6 is 11.3 Å². The maximum Gasteiger partial charge on any atom is 0.274 e. The van der Waals surface area contributed by atoms with E-state index in [2.05, 4.69) is 32.2 Å². The first kappa shape index (κ1) is 18.3. The number of fused-ring (bicyclic) bond motifs is 1. The second-order valence-electron chi connectivity index (χ2n) is 7.39. The average Bonchev–Trinajstić information content (AvgIpc) is 3.24. The predicted octanol–water partition coefficient (Wildman–Crippen LogP) is 2.23. The molecule has 2 saturated heterocycles. The number of thiazole rings is 1. The molecule has 0 N–H and O–H groups in total. The third-order valence-electron chi connectivity index (χ3n) is 5.60. The van der Waals surface area contributed by atoms with Crippen LogP contribution < -0.4 is 4.74 Å². The van der Waals surface area contributed by atoms with Gasteiger partial charge in [-0.25, -0.2) is 15.0 Å². The molecule has 0 aliphatic carbocycles. The Morgan fingerprint density at radius 3 is 2.52 bits per heavy atom. The molecule has 4 heterocycles. The Morgan fingerprint density at radius 2 is 1.96 bits per heavy atom. The molecule has 144 valence electrons. The second kappa shape index (κ2) is 7.90. The van der Waals surface area contributed by atoms with Gasteiger partial charge in [-0.1, -0.05) is 0 Å². The van der Waals surface area contributed by atoms with Crippen molar-refractivity contribution >= 4 is 17.2 Å². The molecule has 27 heavy (non-hydrogen) atoms. The van der Waals surface area contributed by atoms with Crippen LogP contribution in [0.15, 0.2) is 17.8 Å². The molecule has 2 aliphatic rings. The van der Waals surface area contributed by atoms with Crippen LogP contribution in [0.5, 0.6) is 5.88 Å². The Balaban J connectivity index is 1.34. The molecular formula is C19H25N5O2S. The van der Waals surface area contributed by atoms with Crippen LogP contribution in [0.3, 0.4) is 0 Å². The number of hydrogen-bond donors (Lipinski definition) is 0. The topological polar surface area (TPSA) is 71.5 Å². The number of carbonyl (C=O) groups is 1. The van der Waals surface area contributed by atoms with E-state index >= 15 is 0 Å². The highest BCUT2D eigenvalue weighted by Gasteiger charge is 2.37. The fourth-order valence-corrected chi connectivity index (χ4v) is 4.73. The molecule has 0 saturated carbocycles. The number of rotatable bonds is 4. The fourth-order valence-electron chi connectivity index (χ4n) is 4.13. The monoisotopic (exact) mass is 387 g/mol. The number of hydrogen-bond acceptors (Lipinski definition) is 7. The maximum atomic E-state index is 12.7. The zero-order valence-electron chi connectivity index (χ0n) is 15.8. The van der Waals surface area contributed by atoms with E-state index in [1.54, 1.807) is 18.4 Å². The molecule has 8 heteroatoms. The van der Waals surface area contributed by atoms with Crippen LogP contribution in [0, 0.1) is 18.8 Å². The van der Waals surface area contributed by atoms with E-state index in [0.29, 0.717) is 23.4 Å². The first-order chi connectivity index (χ1) is 13.1. The zero-order valence-corrected chi connectivity index (χ0v) is 16.6. The number of likely N-dealkylation sites (tertiary alicyclic amines) is 2. The van der Waals surface area contributed by atoms with Gasteiger partial charge < -0.3 is 9.64 Å². The maximum absolute atomic E-state index is 12.7. The second-order valence-corrected chi connectivity index (χ2v) is 8.45. The third kappa shape index (κ3) is 4.11.